The summed E-state index contributed by atoms with van der Waals surface area (Å²) in [5, 5.41) is 3.59. The van der Waals surface area contributed by atoms with E-state index in [1.165, 1.54) is 7.11 Å². The zero-order chi connectivity index (χ0) is 20.5. The highest BCUT2D eigenvalue weighted by molar-refractivity contribution is 6.05. The number of amides is 2. The molecule has 1 aromatic heterocycles. The van der Waals surface area contributed by atoms with Gasteiger partial charge in [0, 0.05) is 44.9 Å². The monoisotopic (exact) mass is 391 g/mol. The Labute approximate surface area is 165 Å². The van der Waals surface area contributed by atoms with Gasteiger partial charge in [-0.3, -0.25) is 4.79 Å². The Morgan fingerprint density at radius 3 is 2.54 bits per heavy atom. The van der Waals surface area contributed by atoms with Gasteiger partial charge in [-0.25, -0.2) is 4.79 Å². The molecule has 0 aliphatic rings. The summed E-state index contributed by atoms with van der Waals surface area (Å²) in [5.41, 5.74) is 1.37. The molecule has 154 valence electrons. The second-order valence-corrected chi connectivity index (χ2v) is 6.10. The van der Waals surface area contributed by atoms with Crippen LogP contribution in [0.4, 0.5) is 10.5 Å². The lowest BCUT2D eigenvalue weighted by Gasteiger charge is -2.20. The summed E-state index contributed by atoms with van der Waals surface area (Å²) in [6, 6.07) is 5.46. The maximum Gasteiger partial charge on any atom is 0.415 e. The molecule has 8 heteroatoms. The molecule has 0 saturated carbocycles. The molecule has 0 fully saturated rings. The fraction of sp³-hybridized carbons (Fsp3) is 0.500. The summed E-state index contributed by atoms with van der Waals surface area (Å²) >= 11 is 0. The maximum atomic E-state index is 12.4. The van der Waals surface area contributed by atoms with Crippen LogP contribution in [0.15, 0.2) is 24.4 Å². The highest BCUT2D eigenvalue weighted by atomic mass is 16.6. The number of nitrogens with one attached hydrogen (secondary N) is 1. The lowest BCUT2D eigenvalue weighted by atomic mass is 10.2. The van der Waals surface area contributed by atoms with Crippen LogP contribution in [0.2, 0.25) is 0 Å². The van der Waals surface area contributed by atoms with Crippen LogP contribution in [0.25, 0.3) is 10.9 Å². The van der Waals surface area contributed by atoms with E-state index in [1.807, 2.05) is 43.7 Å². The van der Waals surface area contributed by atoms with Crippen LogP contribution >= 0.6 is 0 Å². The number of hydrogen-bond donors (Lipinski definition) is 1. The molecule has 1 heterocycles. The lowest BCUT2D eigenvalue weighted by molar-refractivity contribution is -0.119. The zero-order valence-corrected chi connectivity index (χ0v) is 17.0. The molecule has 2 rings (SSSR count). The molecule has 1 N–H and O–H groups in total. The average molecular weight is 391 g/mol. The van der Waals surface area contributed by atoms with Gasteiger partial charge in [-0.2, -0.15) is 0 Å². The molecule has 0 aliphatic heterocycles. The lowest BCUT2D eigenvalue weighted by Crippen LogP contribution is -2.33. The molecule has 0 atom stereocenters. The first-order chi connectivity index (χ1) is 13.5. The Balaban J connectivity index is 2.39. The number of rotatable bonds is 10. The molecule has 0 radical (unpaired) electrons. The van der Waals surface area contributed by atoms with Crippen LogP contribution in [0.5, 0.6) is 5.75 Å². The molecule has 0 bridgehead atoms. The molecular weight excluding hydrogens is 362 g/mol. The van der Waals surface area contributed by atoms with E-state index in [1.54, 1.807) is 11.0 Å². The number of aromatic nitrogens is 1. The van der Waals surface area contributed by atoms with E-state index < -0.39 is 6.09 Å². The van der Waals surface area contributed by atoms with Gasteiger partial charge >= 0.3 is 6.09 Å². The van der Waals surface area contributed by atoms with Crippen molar-refractivity contribution in [2.75, 3.05) is 45.3 Å². The Kier molecular flexibility index (Phi) is 8.28. The van der Waals surface area contributed by atoms with Crippen LogP contribution in [0.1, 0.15) is 20.8 Å². The van der Waals surface area contributed by atoms with Gasteiger partial charge in [0.1, 0.15) is 6.61 Å². The van der Waals surface area contributed by atoms with Crippen LogP contribution in [-0.2, 0) is 20.8 Å². The predicted octanol–water partition coefficient (Wildman–Crippen LogP) is 3.10. The van der Waals surface area contributed by atoms with Gasteiger partial charge < -0.3 is 29.0 Å². The van der Waals surface area contributed by atoms with Crippen molar-refractivity contribution in [2.45, 2.75) is 27.3 Å². The largest absolute Gasteiger partial charge is 0.415 e. The minimum Gasteiger partial charge on any atom is -0.408 e. The van der Waals surface area contributed by atoms with Crippen molar-refractivity contribution < 1.29 is 23.8 Å². The number of hydrogen-bond acceptors (Lipinski definition) is 5. The molecule has 0 saturated heterocycles. The van der Waals surface area contributed by atoms with Crippen molar-refractivity contribution in [2.24, 2.45) is 0 Å². The summed E-state index contributed by atoms with van der Waals surface area (Å²) in [7, 11) is 1.45. The van der Waals surface area contributed by atoms with Gasteiger partial charge in [0.05, 0.1) is 17.8 Å². The quantitative estimate of drug-likeness (QED) is 0.630. The van der Waals surface area contributed by atoms with E-state index in [0.29, 0.717) is 44.3 Å². The van der Waals surface area contributed by atoms with Gasteiger partial charge in [-0.15, -0.1) is 0 Å². The number of ether oxygens (including phenoxy) is 3. The number of methoxy groups -OCH3 is 1. The number of fused-ring (bicyclic) bond motifs is 1. The topological polar surface area (TPSA) is 82.0 Å². The van der Waals surface area contributed by atoms with Gasteiger partial charge in [-0.05, 0) is 39.0 Å². The molecule has 2 aromatic rings. The standard InChI is InChI=1S/C20H29N3O5/c1-5-22(6-2)20(25)28-17-9-8-16-15(19(17)21-18(24)14-26-4)10-11-23(16)12-13-27-7-3/h8-11H,5-7,12-14H2,1-4H3,(H,21,24). The van der Waals surface area contributed by atoms with Gasteiger partial charge in [0.25, 0.3) is 0 Å². The number of nitrogens with zero attached hydrogens (tertiary/aromatic N) is 2. The predicted molar refractivity (Wildman–Crippen MR) is 108 cm³/mol. The van der Waals surface area contributed by atoms with E-state index in [4.69, 9.17) is 14.2 Å². The molecule has 2 amide bonds. The fourth-order valence-electron chi connectivity index (χ4n) is 2.92. The summed E-state index contributed by atoms with van der Waals surface area (Å²) in [6.07, 6.45) is 1.47. The van der Waals surface area contributed by atoms with Crippen molar-refractivity contribution >= 4 is 28.6 Å². The number of benzene rings is 1. The third kappa shape index (κ3) is 5.24. The Hall–Kier alpha value is -2.58. The second-order valence-electron chi connectivity index (χ2n) is 6.10. The number of carbonyl (C=O) groups is 2. The van der Waals surface area contributed by atoms with Crippen molar-refractivity contribution in [3.63, 3.8) is 0 Å². The molecule has 1 aromatic carbocycles. The number of anilines is 1. The summed E-state index contributed by atoms with van der Waals surface area (Å²) in [5.74, 6) is -0.0198. The minimum atomic E-state index is -0.456. The Morgan fingerprint density at radius 2 is 1.89 bits per heavy atom. The number of carbonyl (C=O) groups excluding carboxylic acids is 2. The smallest absolute Gasteiger partial charge is 0.408 e. The molecule has 0 aliphatic carbocycles. The molecule has 0 spiro atoms. The van der Waals surface area contributed by atoms with Crippen molar-refractivity contribution in [1.82, 2.24) is 9.47 Å². The van der Waals surface area contributed by atoms with E-state index in [0.717, 1.165) is 10.9 Å². The van der Waals surface area contributed by atoms with Crippen molar-refractivity contribution in [3.8, 4) is 5.75 Å². The average Bonchev–Trinajstić information content (AvgIpc) is 3.08. The van der Waals surface area contributed by atoms with Gasteiger partial charge in [0.2, 0.25) is 5.91 Å². The minimum absolute atomic E-state index is 0.0924. The van der Waals surface area contributed by atoms with Gasteiger partial charge in [0.15, 0.2) is 5.75 Å². The molecule has 0 unspecified atom stereocenters. The van der Waals surface area contributed by atoms with Crippen LogP contribution in [0, 0.1) is 0 Å². The van der Waals surface area contributed by atoms with Crippen LogP contribution in [0.3, 0.4) is 0 Å². The van der Waals surface area contributed by atoms with E-state index in [9.17, 15) is 9.59 Å². The van der Waals surface area contributed by atoms with E-state index in [-0.39, 0.29) is 12.5 Å². The van der Waals surface area contributed by atoms with E-state index in [2.05, 4.69) is 5.32 Å². The molecule has 28 heavy (non-hydrogen) atoms. The van der Waals surface area contributed by atoms with E-state index >= 15 is 0 Å². The first-order valence-electron chi connectivity index (χ1n) is 9.50. The highest BCUT2D eigenvalue weighted by Gasteiger charge is 2.19. The summed E-state index contributed by atoms with van der Waals surface area (Å²) < 4.78 is 17.9. The van der Waals surface area contributed by atoms with Crippen molar-refractivity contribution in [1.29, 1.82) is 0 Å². The highest BCUT2D eigenvalue weighted by Crippen LogP contribution is 2.34. The van der Waals surface area contributed by atoms with Crippen LogP contribution < -0.4 is 10.1 Å². The summed E-state index contributed by atoms with van der Waals surface area (Å²) in [6.45, 7) is 8.63. The van der Waals surface area contributed by atoms with Gasteiger partial charge in [-0.1, -0.05) is 0 Å². The third-order valence-electron chi connectivity index (χ3n) is 4.35. The van der Waals surface area contributed by atoms with Crippen molar-refractivity contribution in [3.05, 3.63) is 24.4 Å². The SMILES string of the molecule is CCOCCn1ccc2c(NC(=O)COC)c(OC(=O)N(CC)CC)ccc21. The zero-order valence-electron chi connectivity index (χ0n) is 17.0. The fourth-order valence-corrected chi connectivity index (χ4v) is 2.92. The third-order valence-corrected chi connectivity index (χ3v) is 4.35. The molecular formula is C20H29N3O5. The summed E-state index contributed by atoms with van der Waals surface area (Å²) in [4.78, 5) is 26.1. The normalized spacial score (nSPS) is 10.9. The Bertz CT molecular complexity index is 798. The maximum absolute atomic E-state index is 12.4. The Morgan fingerprint density at radius 1 is 1.14 bits per heavy atom. The first-order valence-corrected chi connectivity index (χ1v) is 9.50. The first kappa shape index (κ1) is 21.7. The molecule has 8 nitrogen and oxygen atoms in total. The second kappa shape index (κ2) is 10.7. The van der Waals surface area contributed by atoms with Crippen LogP contribution in [-0.4, -0.2) is 61.5 Å².